The smallest absolute Gasteiger partial charge is 0.00221 e. The normalized spacial score (nSPS) is 31.4. The third-order valence-electron chi connectivity index (χ3n) is 5.20. The molecule has 1 aromatic rings. The molecule has 3 rings (SSSR count). The Bertz CT molecular complexity index is 431. The summed E-state index contributed by atoms with van der Waals surface area (Å²) >= 11 is 0. The zero-order valence-corrected chi connectivity index (χ0v) is 13.2. The molecule has 0 radical (unpaired) electrons. The third-order valence-corrected chi connectivity index (χ3v) is 5.56. The van der Waals surface area contributed by atoms with Crippen molar-refractivity contribution in [1.29, 1.82) is 0 Å². The van der Waals surface area contributed by atoms with E-state index in [1.165, 1.54) is 56.2 Å². The van der Waals surface area contributed by atoms with Gasteiger partial charge in [0.15, 0.2) is 0 Å². The molecule has 0 N–H and O–H groups in total. The zero-order valence-electron chi connectivity index (χ0n) is 12.0. The minimum absolute atomic E-state index is 0.958. The summed E-state index contributed by atoms with van der Waals surface area (Å²) < 4.78 is 0. The van der Waals surface area contributed by atoms with Crippen molar-refractivity contribution in [2.24, 2.45) is 17.8 Å². The van der Waals surface area contributed by atoms with Crippen molar-refractivity contribution in [3.8, 4) is 0 Å². The molecule has 1 saturated carbocycles. The van der Waals surface area contributed by atoms with Gasteiger partial charge in [0.2, 0.25) is 0 Å². The van der Waals surface area contributed by atoms with Gasteiger partial charge >= 0.3 is 0 Å². The Morgan fingerprint density at radius 2 is 2.16 bits per heavy atom. The summed E-state index contributed by atoms with van der Waals surface area (Å²) in [6.07, 6.45) is 5.61. The van der Waals surface area contributed by atoms with Crippen molar-refractivity contribution in [3.05, 3.63) is 29.8 Å². The van der Waals surface area contributed by atoms with Crippen LogP contribution in [-0.2, 0) is 6.42 Å². The second-order valence-electron chi connectivity index (χ2n) is 6.59. The number of benzene rings is 1. The molecule has 0 amide bonds. The minimum Gasteiger partial charge on any atom is -0.302 e. The van der Waals surface area contributed by atoms with E-state index in [0.717, 1.165) is 17.8 Å². The quantitative estimate of drug-likeness (QED) is 0.766. The predicted molar refractivity (Wildman–Crippen MR) is 85.9 cm³/mol. The van der Waals surface area contributed by atoms with Crippen molar-refractivity contribution in [1.82, 2.24) is 4.90 Å². The fourth-order valence-electron chi connectivity index (χ4n) is 4.07. The fourth-order valence-corrected chi connectivity index (χ4v) is 4.40. The lowest BCUT2D eigenvalue weighted by molar-refractivity contribution is 0.214. The highest BCUT2D eigenvalue weighted by molar-refractivity contribution is 7.27. The van der Waals surface area contributed by atoms with E-state index in [-0.39, 0.29) is 0 Å². The first kappa shape index (κ1) is 13.6. The second-order valence-corrected chi connectivity index (χ2v) is 7.25. The Kier molecular flexibility index (Phi) is 4.24. The van der Waals surface area contributed by atoms with Crippen LogP contribution in [0.2, 0.25) is 0 Å². The van der Waals surface area contributed by atoms with Crippen molar-refractivity contribution in [2.75, 3.05) is 19.6 Å². The fraction of sp³-hybridized carbons (Fsp3) is 0.647. The molecule has 0 spiro atoms. The Balaban J connectivity index is 1.54. The Labute approximate surface area is 120 Å². The number of nitrogens with zero attached hydrogens (tertiary/aromatic N) is 1. The molecule has 0 aromatic heterocycles. The number of hydrogen-bond donors (Lipinski definition) is 0. The van der Waals surface area contributed by atoms with Gasteiger partial charge in [-0.2, -0.15) is 0 Å². The molecule has 2 aliphatic rings. The molecule has 2 heteroatoms. The molecule has 1 saturated heterocycles. The minimum atomic E-state index is 0.958. The van der Waals surface area contributed by atoms with Crippen LogP contribution in [0.1, 0.15) is 31.7 Å². The summed E-state index contributed by atoms with van der Waals surface area (Å²) in [5.41, 5.74) is 1.48. The van der Waals surface area contributed by atoms with E-state index >= 15 is 0 Å². The Morgan fingerprint density at radius 3 is 2.95 bits per heavy atom. The maximum Gasteiger partial charge on any atom is 0.00221 e. The number of fused-ring (bicyclic) bond motifs is 1. The van der Waals surface area contributed by atoms with Crippen LogP contribution >= 0.6 is 9.24 Å². The number of likely N-dealkylation sites (tertiary alicyclic amines) is 1. The van der Waals surface area contributed by atoms with E-state index in [1.807, 2.05) is 0 Å². The Morgan fingerprint density at radius 1 is 1.26 bits per heavy atom. The van der Waals surface area contributed by atoms with Gasteiger partial charge in [0, 0.05) is 19.6 Å². The van der Waals surface area contributed by atoms with Crippen molar-refractivity contribution < 1.29 is 0 Å². The summed E-state index contributed by atoms with van der Waals surface area (Å²) in [6, 6.07) is 8.89. The topological polar surface area (TPSA) is 3.24 Å². The van der Waals surface area contributed by atoms with Crippen LogP contribution < -0.4 is 5.30 Å². The van der Waals surface area contributed by atoms with Crippen LogP contribution in [0.4, 0.5) is 0 Å². The molecule has 1 aliphatic heterocycles. The van der Waals surface area contributed by atoms with Gasteiger partial charge in [-0.3, -0.25) is 0 Å². The van der Waals surface area contributed by atoms with Crippen LogP contribution in [0, 0.1) is 17.8 Å². The van der Waals surface area contributed by atoms with Gasteiger partial charge in [0.1, 0.15) is 0 Å². The van der Waals surface area contributed by atoms with Gasteiger partial charge in [-0.05, 0) is 41.5 Å². The first-order valence-electron chi connectivity index (χ1n) is 7.79. The van der Waals surface area contributed by atoms with Gasteiger partial charge in [-0.1, -0.05) is 44.0 Å². The van der Waals surface area contributed by atoms with Gasteiger partial charge < -0.3 is 4.90 Å². The van der Waals surface area contributed by atoms with Crippen LogP contribution in [0.5, 0.6) is 0 Å². The highest BCUT2D eigenvalue weighted by Gasteiger charge is 2.37. The third kappa shape index (κ3) is 3.20. The standard InChI is InChI=1S/C17H26NP/c1-13-4-2-6-15-11-18(12-17(13)15)9-8-14-5-3-7-16(19)10-14/h3,5,7,10,13,15,17H,2,4,6,8-9,11-12,19H2,1H3/t13?,15-,17-/m0/s1. The van der Waals surface area contributed by atoms with E-state index < -0.39 is 0 Å². The molecule has 2 fully saturated rings. The first-order chi connectivity index (χ1) is 9.22. The maximum atomic E-state index is 2.80. The zero-order chi connectivity index (χ0) is 13.2. The molecule has 1 aromatic carbocycles. The first-order valence-corrected chi connectivity index (χ1v) is 8.37. The average molecular weight is 275 g/mol. The van der Waals surface area contributed by atoms with Crippen LogP contribution in [0.3, 0.4) is 0 Å². The lowest BCUT2D eigenvalue weighted by Crippen LogP contribution is -2.25. The summed E-state index contributed by atoms with van der Waals surface area (Å²) in [5, 5.41) is 1.31. The molecule has 1 nitrogen and oxygen atoms in total. The molecule has 0 bridgehead atoms. The van der Waals surface area contributed by atoms with Crippen molar-refractivity contribution in [2.45, 2.75) is 32.6 Å². The van der Waals surface area contributed by atoms with Gasteiger partial charge in [0.25, 0.3) is 0 Å². The summed E-state index contributed by atoms with van der Waals surface area (Å²) in [4.78, 5) is 2.71. The van der Waals surface area contributed by atoms with Crippen molar-refractivity contribution >= 4 is 14.5 Å². The second kappa shape index (κ2) is 5.94. The van der Waals surface area contributed by atoms with Crippen LogP contribution in [0.15, 0.2) is 24.3 Å². The van der Waals surface area contributed by atoms with Gasteiger partial charge in [-0.15, -0.1) is 9.24 Å². The summed E-state index contributed by atoms with van der Waals surface area (Å²) in [6.45, 7) is 6.42. The monoisotopic (exact) mass is 275 g/mol. The molecule has 104 valence electrons. The molecular weight excluding hydrogens is 249 g/mol. The number of hydrogen-bond acceptors (Lipinski definition) is 1. The maximum absolute atomic E-state index is 2.80. The predicted octanol–water partition coefficient (Wildman–Crippen LogP) is 3.10. The van der Waals surface area contributed by atoms with Crippen molar-refractivity contribution in [3.63, 3.8) is 0 Å². The molecular formula is C17H26NP. The van der Waals surface area contributed by atoms with E-state index in [9.17, 15) is 0 Å². The molecule has 2 unspecified atom stereocenters. The highest BCUT2D eigenvalue weighted by Crippen LogP contribution is 2.39. The van der Waals surface area contributed by atoms with E-state index in [0.29, 0.717) is 0 Å². The number of rotatable bonds is 3. The lowest BCUT2D eigenvalue weighted by atomic mass is 9.75. The summed E-state index contributed by atoms with van der Waals surface area (Å²) in [5.74, 6) is 2.94. The van der Waals surface area contributed by atoms with E-state index in [1.54, 1.807) is 0 Å². The molecule has 1 aliphatic carbocycles. The molecule has 4 atom stereocenters. The SMILES string of the molecule is CC1CCC[C@H]2CN(CCc3cccc(P)c3)C[C@@H]12. The largest absolute Gasteiger partial charge is 0.302 e. The molecule has 19 heavy (non-hydrogen) atoms. The molecule has 1 heterocycles. The lowest BCUT2D eigenvalue weighted by Gasteiger charge is -2.30. The van der Waals surface area contributed by atoms with E-state index in [2.05, 4.69) is 45.3 Å². The van der Waals surface area contributed by atoms with Gasteiger partial charge in [-0.25, -0.2) is 0 Å². The average Bonchev–Trinajstić information content (AvgIpc) is 2.81. The Hall–Kier alpha value is -0.390. The van der Waals surface area contributed by atoms with Crippen LogP contribution in [-0.4, -0.2) is 24.5 Å². The highest BCUT2D eigenvalue weighted by atomic mass is 31.0. The van der Waals surface area contributed by atoms with Crippen LogP contribution in [0.25, 0.3) is 0 Å². The summed E-state index contributed by atoms with van der Waals surface area (Å²) in [7, 11) is 2.80. The van der Waals surface area contributed by atoms with E-state index in [4.69, 9.17) is 0 Å². The van der Waals surface area contributed by atoms with Gasteiger partial charge in [0.05, 0.1) is 0 Å².